The summed E-state index contributed by atoms with van der Waals surface area (Å²) in [6, 6.07) is -0.756. The van der Waals surface area contributed by atoms with Crippen molar-refractivity contribution in [1.82, 2.24) is 9.80 Å². The predicted molar refractivity (Wildman–Crippen MR) is 139 cm³/mol. The fourth-order valence-electron chi connectivity index (χ4n) is 6.96. The highest BCUT2D eigenvalue weighted by Gasteiger charge is 2.76. The summed E-state index contributed by atoms with van der Waals surface area (Å²) in [7, 11) is 0. The molecule has 7 nitrogen and oxygen atoms in total. The lowest BCUT2D eigenvalue weighted by molar-refractivity contribution is -0.153. The van der Waals surface area contributed by atoms with Gasteiger partial charge in [0.05, 0.1) is 23.2 Å². The number of β-amino-alcohol motifs (C(OH)–C–C–N with tert-alkyl or cyclic N) is 1. The lowest BCUT2D eigenvalue weighted by atomic mass is 9.66. The summed E-state index contributed by atoms with van der Waals surface area (Å²) in [6.07, 6.45) is 4.75. The minimum atomic E-state index is -0.756. The van der Waals surface area contributed by atoms with Gasteiger partial charge in [0.15, 0.2) is 0 Å². The smallest absolute Gasteiger partial charge is 0.311 e. The number of hydrogen-bond donors (Lipinski definition) is 1. The summed E-state index contributed by atoms with van der Waals surface area (Å²) in [5.74, 6) is -1.95. The molecule has 196 valence electrons. The molecule has 2 amide bonds. The molecule has 3 rings (SSSR count). The Balaban J connectivity index is 2.08. The van der Waals surface area contributed by atoms with Crippen molar-refractivity contribution in [3.63, 3.8) is 0 Å². The second kappa shape index (κ2) is 9.92. The Kier molecular flexibility index (Phi) is 7.88. The van der Waals surface area contributed by atoms with Gasteiger partial charge in [-0.2, -0.15) is 0 Å². The monoisotopic (exact) mass is 506 g/mol. The fraction of sp³-hybridized carbons (Fsp3) is 0.741. The molecular formula is C27H42N2O5S. The molecule has 0 aromatic carbocycles. The summed E-state index contributed by atoms with van der Waals surface area (Å²) in [5.41, 5.74) is -0.507. The quantitative estimate of drug-likeness (QED) is 0.362. The Hall–Kier alpha value is -1.80. The number of aliphatic hydroxyl groups is 1. The molecule has 3 fully saturated rings. The van der Waals surface area contributed by atoms with E-state index in [0.29, 0.717) is 6.54 Å². The zero-order valence-corrected chi connectivity index (χ0v) is 22.9. The van der Waals surface area contributed by atoms with Crippen LogP contribution in [0.25, 0.3) is 0 Å². The molecular weight excluding hydrogens is 464 g/mol. The van der Waals surface area contributed by atoms with Crippen LogP contribution >= 0.6 is 11.8 Å². The van der Waals surface area contributed by atoms with Gasteiger partial charge in [-0.3, -0.25) is 14.4 Å². The van der Waals surface area contributed by atoms with E-state index < -0.39 is 34.1 Å². The average molecular weight is 507 g/mol. The second-order valence-corrected chi connectivity index (χ2v) is 13.6. The molecule has 3 aliphatic rings. The number of esters is 1. The lowest BCUT2D eigenvalue weighted by Gasteiger charge is -2.46. The van der Waals surface area contributed by atoms with Crippen LogP contribution in [0.5, 0.6) is 0 Å². The molecule has 1 spiro atoms. The highest BCUT2D eigenvalue weighted by atomic mass is 32.2. The Morgan fingerprint density at radius 2 is 1.91 bits per heavy atom. The number of hydrogen-bond acceptors (Lipinski definition) is 6. The fourth-order valence-corrected chi connectivity index (χ4v) is 9.36. The van der Waals surface area contributed by atoms with E-state index in [1.807, 2.05) is 4.90 Å². The SMILES string of the molecule is C=CCOC(=O)[C@@H]1[C@@H]2CC(C)C3(S2)C(C(=O)N(CC=C)C(C)(C)CC(C)(C)C)N(CCO)C(=O)[C@H]13. The summed E-state index contributed by atoms with van der Waals surface area (Å²) in [4.78, 5) is 44.8. The van der Waals surface area contributed by atoms with Crippen molar-refractivity contribution in [2.45, 2.75) is 76.0 Å². The van der Waals surface area contributed by atoms with Crippen LogP contribution in [-0.2, 0) is 19.1 Å². The van der Waals surface area contributed by atoms with Crippen LogP contribution in [0.2, 0.25) is 0 Å². The number of aliphatic hydroxyl groups excluding tert-OH is 1. The van der Waals surface area contributed by atoms with Crippen LogP contribution in [0.3, 0.4) is 0 Å². The first-order valence-corrected chi connectivity index (χ1v) is 13.4. The Labute approximate surface area is 214 Å². The van der Waals surface area contributed by atoms with Gasteiger partial charge in [0.1, 0.15) is 12.6 Å². The molecule has 6 atom stereocenters. The molecule has 3 unspecified atom stereocenters. The van der Waals surface area contributed by atoms with Crippen molar-refractivity contribution < 1.29 is 24.2 Å². The van der Waals surface area contributed by atoms with Crippen molar-refractivity contribution in [1.29, 1.82) is 0 Å². The molecule has 0 aromatic heterocycles. The van der Waals surface area contributed by atoms with Gasteiger partial charge in [0.25, 0.3) is 0 Å². The predicted octanol–water partition coefficient (Wildman–Crippen LogP) is 3.27. The van der Waals surface area contributed by atoms with E-state index in [9.17, 15) is 19.5 Å². The van der Waals surface area contributed by atoms with Crippen LogP contribution in [0.1, 0.15) is 54.4 Å². The number of rotatable bonds is 10. The van der Waals surface area contributed by atoms with E-state index in [2.05, 4.69) is 54.7 Å². The third-order valence-electron chi connectivity index (χ3n) is 7.71. The standard InChI is InChI=1S/C27H42N2O5S/c1-9-11-29(26(7,8)16-25(4,5)6)23(32)21-27-17(3)15-18(35-27)19(24(33)34-14-10-2)20(27)22(31)28(21)12-13-30/h9-10,17-21,30H,1-2,11-16H2,3-8H3/t17?,18-,19+,20-,21?,27?/m0/s1. The number of fused-ring (bicyclic) bond motifs is 1. The molecule has 3 saturated heterocycles. The van der Waals surface area contributed by atoms with Gasteiger partial charge in [-0.1, -0.05) is 46.4 Å². The third-order valence-corrected chi connectivity index (χ3v) is 9.78. The highest BCUT2D eigenvalue weighted by molar-refractivity contribution is 8.02. The first-order chi connectivity index (χ1) is 16.3. The van der Waals surface area contributed by atoms with Crippen LogP contribution in [0, 0.1) is 23.2 Å². The molecule has 3 aliphatic heterocycles. The topological polar surface area (TPSA) is 87.2 Å². The van der Waals surface area contributed by atoms with E-state index in [1.165, 1.54) is 11.0 Å². The summed E-state index contributed by atoms with van der Waals surface area (Å²) < 4.78 is 4.67. The van der Waals surface area contributed by atoms with Crippen molar-refractivity contribution in [2.75, 3.05) is 26.3 Å². The molecule has 1 N–H and O–H groups in total. The maximum Gasteiger partial charge on any atom is 0.311 e. The maximum absolute atomic E-state index is 14.5. The van der Waals surface area contributed by atoms with Gasteiger partial charge in [0, 0.05) is 23.9 Å². The van der Waals surface area contributed by atoms with Gasteiger partial charge < -0.3 is 19.6 Å². The summed E-state index contributed by atoms with van der Waals surface area (Å²) >= 11 is 1.61. The number of thioether (sulfide) groups is 1. The van der Waals surface area contributed by atoms with E-state index in [0.717, 1.165) is 12.8 Å². The largest absolute Gasteiger partial charge is 0.461 e. The van der Waals surface area contributed by atoms with Gasteiger partial charge >= 0.3 is 5.97 Å². The number of nitrogens with zero attached hydrogens (tertiary/aromatic N) is 2. The molecule has 2 bridgehead atoms. The van der Waals surface area contributed by atoms with Crippen molar-refractivity contribution in [2.24, 2.45) is 23.2 Å². The van der Waals surface area contributed by atoms with Gasteiger partial charge in [-0.25, -0.2) is 0 Å². The number of carbonyl (C=O) groups excluding carboxylic acids is 3. The molecule has 8 heteroatoms. The van der Waals surface area contributed by atoms with Gasteiger partial charge in [-0.05, 0) is 38.0 Å². The van der Waals surface area contributed by atoms with Crippen LogP contribution in [0.15, 0.2) is 25.3 Å². The number of likely N-dealkylation sites (tertiary alicyclic amines) is 1. The first-order valence-electron chi connectivity index (χ1n) is 12.6. The Morgan fingerprint density at radius 3 is 2.46 bits per heavy atom. The third kappa shape index (κ3) is 4.68. The molecule has 0 aliphatic carbocycles. The zero-order valence-electron chi connectivity index (χ0n) is 22.1. The van der Waals surface area contributed by atoms with Gasteiger partial charge in [-0.15, -0.1) is 18.3 Å². The number of amides is 2. The highest BCUT2D eigenvalue weighted by Crippen LogP contribution is 2.68. The number of ether oxygens (including phenoxy) is 1. The maximum atomic E-state index is 14.5. The molecule has 3 heterocycles. The average Bonchev–Trinajstić information content (AvgIpc) is 3.32. The van der Waals surface area contributed by atoms with E-state index in [-0.39, 0.29) is 48.2 Å². The Bertz CT molecular complexity index is 881. The van der Waals surface area contributed by atoms with Crippen molar-refractivity contribution in [3.8, 4) is 0 Å². The lowest BCUT2D eigenvalue weighted by Crippen LogP contribution is -2.61. The van der Waals surface area contributed by atoms with E-state index in [1.54, 1.807) is 17.8 Å². The molecule has 0 aromatic rings. The first kappa shape index (κ1) is 27.8. The summed E-state index contributed by atoms with van der Waals surface area (Å²) in [5, 5.41) is 9.77. The van der Waals surface area contributed by atoms with Crippen LogP contribution in [0.4, 0.5) is 0 Å². The van der Waals surface area contributed by atoms with Crippen LogP contribution in [-0.4, -0.2) is 80.6 Å². The second-order valence-electron chi connectivity index (χ2n) is 12.0. The van der Waals surface area contributed by atoms with Crippen molar-refractivity contribution >= 4 is 29.5 Å². The number of carbonyl (C=O) groups is 3. The van der Waals surface area contributed by atoms with E-state index >= 15 is 0 Å². The minimum Gasteiger partial charge on any atom is -0.461 e. The molecule has 35 heavy (non-hydrogen) atoms. The van der Waals surface area contributed by atoms with E-state index in [4.69, 9.17) is 4.74 Å². The van der Waals surface area contributed by atoms with Gasteiger partial charge in [0.2, 0.25) is 11.8 Å². The molecule has 0 saturated carbocycles. The minimum absolute atomic E-state index is 0.0197. The summed E-state index contributed by atoms with van der Waals surface area (Å²) in [6.45, 7) is 20.4. The Morgan fingerprint density at radius 1 is 1.26 bits per heavy atom. The zero-order chi connectivity index (χ0) is 26.3. The van der Waals surface area contributed by atoms with Crippen molar-refractivity contribution in [3.05, 3.63) is 25.3 Å². The van der Waals surface area contributed by atoms with Crippen LogP contribution < -0.4 is 0 Å². The molecule has 0 radical (unpaired) electrons. The normalized spacial score (nSPS) is 31.9.